The van der Waals surface area contributed by atoms with Crippen molar-refractivity contribution < 1.29 is 9.90 Å². The van der Waals surface area contributed by atoms with E-state index in [-0.39, 0.29) is 11.5 Å². The molecule has 1 N–H and O–H groups in total. The molecule has 1 heterocycles. The molecule has 0 aliphatic heterocycles. The number of nitrogens with zero attached hydrogens (tertiary/aromatic N) is 3. The lowest BCUT2D eigenvalue weighted by molar-refractivity contribution is 0.0696. The van der Waals surface area contributed by atoms with Crippen molar-refractivity contribution in [2.24, 2.45) is 0 Å². The van der Waals surface area contributed by atoms with E-state index in [2.05, 4.69) is 11.2 Å². The molecule has 0 radical (unpaired) electrons. The molecule has 3 rings (SSSR count). The molecule has 0 bridgehead atoms. The van der Waals surface area contributed by atoms with Crippen LogP contribution in [0.5, 0.6) is 0 Å². The van der Waals surface area contributed by atoms with Gasteiger partial charge in [0.25, 0.3) is 0 Å². The number of aromatic nitrogens is 2. The number of rotatable bonds is 4. The summed E-state index contributed by atoms with van der Waals surface area (Å²) in [5.74, 6) is -1.11. The molecule has 0 aliphatic rings. The summed E-state index contributed by atoms with van der Waals surface area (Å²) in [6.07, 6.45) is 0. The van der Waals surface area contributed by atoms with Crippen molar-refractivity contribution in [2.45, 2.75) is 19.8 Å². The zero-order chi connectivity index (χ0) is 18.8. The van der Waals surface area contributed by atoms with Crippen LogP contribution in [-0.4, -0.2) is 20.9 Å². The standard InChI is InChI=1S/C20H16ClN3O2/c1-12(2)19-17(20(25)26)18(14-8-6-13(11-22)7-9-14)23-24(19)16-5-3-4-15(21)10-16/h3-10,12H,1-2H3,(H,25,26). The van der Waals surface area contributed by atoms with Crippen LogP contribution in [-0.2, 0) is 0 Å². The van der Waals surface area contributed by atoms with Crippen LogP contribution in [0.4, 0.5) is 0 Å². The van der Waals surface area contributed by atoms with Crippen molar-refractivity contribution in [3.05, 3.63) is 70.4 Å². The Morgan fingerprint density at radius 2 is 1.92 bits per heavy atom. The summed E-state index contributed by atoms with van der Waals surface area (Å²) in [7, 11) is 0. The SMILES string of the molecule is CC(C)c1c(C(=O)O)c(-c2ccc(C#N)cc2)nn1-c1cccc(Cl)c1. The van der Waals surface area contributed by atoms with Gasteiger partial charge in [0, 0.05) is 10.6 Å². The van der Waals surface area contributed by atoms with E-state index >= 15 is 0 Å². The number of hydrogen-bond acceptors (Lipinski definition) is 3. The summed E-state index contributed by atoms with van der Waals surface area (Å²) < 4.78 is 1.63. The minimum Gasteiger partial charge on any atom is -0.478 e. The Bertz CT molecular complexity index is 1010. The molecule has 6 heteroatoms. The fraction of sp³-hybridized carbons (Fsp3) is 0.150. The van der Waals surface area contributed by atoms with Gasteiger partial charge >= 0.3 is 5.97 Å². The van der Waals surface area contributed by atoms with Crippen LogP contribution in [0.2, 0.25) is 5.02 Å². The molecule has 0 spiro atoms. The maximum atomic E-state index is 12.0. The third kappa shape index (κ3) is 3.19. The van der Waals surface area contributed by atoms with Crippen molar-refractivity contribution in [3.63, 3.8) is 0 Å². The number of carboxylic acids is 1. The molecule has 1 aromatic heterocycles. The normalized spacial score (nSPS) is 10.7. The maximum absolute atomic E-state index is 12.0. The molecule has 2 aromatic carbocycles. The maximum Gasteiger partial charge on any atom is 0.339 e. The zero-order valence-corrected chi connectivity index (χ0v) is 15.0. The Hall–Kier alpha value is -3.10. The molecule has 0 fully saturated rings. The first kappa shape index (κ1) is 17.7. The Balaban J connectivity index is 2.29. The van der Waals surface area contributed by atoms with Gasteiger partial charge in [-0.25, -0.2) is 9.48 Å². The predicted molar refractivity (Wildman–Crippen MR) is 99.8 cm³/mol. The molecule has 0 aliphatic carbocycles. The number of benzene rings is 2. The lowest BCUT2D eigenvalue weighted by atomic mass is 9.99. The average Bonchev–Trinajstić information content (AvgIpc) is 3.03. The lowest BCUT2D eigenvalue weighted by Crippen LogP contribution is -2.08. The molecule has 0 unspecified atom stereocenters. The fourth-order valence-corrected chi connectivity index (χ4v) is 3.07. The highest BCUT2D eigenvalue weighted by atomic mass is 35.5. The first-order valence-corrected chi connectivity index (χ1v) is 8.43. The highest BCUT2D eigenvalue weighted by Gasteiger charge is 2.27. The topological polar surface area (TPSA) is 78.9 Å². The van der Waals surface area contributed by atoms with Gasteiger partial charge in [0.1, 0.15) is 11.3 Å². The molecular formula is C20H16ClN3O2. The minimum atomic E-state index is -1.04. The Morgan fingerprint density at radius 3 is 2.46 bits per heavy atom. The van der Waals surface area contributed by atoms with E-state index in [0.29, 0.717) is 33.2 Å². The number of carbonyl (C=O) groups is 1. The van der Waals surface area contributed by atoms with E-state index < -0.39 is 5.97 Å². The highest BCUT2D eigenvalue weighted by molar-refractivity contribution is 6.30. The van der Waals surface area contributed by atoms with Gasteiger partial charge < -0.3 is 5.11 Å². The van der Waals surface area contributed by atoms with Crippen LogP contribution < -0.4 is 0 Å². The van der Waals surface area contributed by atoms with Gasteiger partial charge in [0.05, 0.1) is 23.0 Å². The predicted octanol–water partition coefficient (Wildman–Crippen LogP) is 4.89. The molecule has 5 nitrogen and oxygen atoms in total. The largest absolute Gasteiger partial charge is 0.478 e. The monoisotopic (exact) mass is 365 g/mol. The molecular weight excluding hydrogens is 350 g/mol. The van der Waals surface area contributed by atoms with Gasteiger partial charge in [-0.3, -0.25) is 0 Å². The van der Waals surface area contributed by atoms with Crippen molar-refractivity contribution in [1.29, 1.82) is 5.26 Å². The lowest BCUT2D eigenvalue weighted by Gasteiger charge is -2.11. The molecule has 0 amide bonds. The van der Waals surface area contributed by atoms with Crippen molar-refractivity contribution in [3.8, 4) is 23.0 Å². The number of halogens is 1. The second-order valence-corrected chi connectivity index (χ2v) is 6.59. The molecule has 0 atom stereocenters. The van der Waals surface area contributed by atoms with E-state index in [4.69, 9.17) is 16.9 Å². The Labute approximate surface area is 156 Å². The van der Waals surface area contributed by atoms with E-state index in [1.165, 1.54) is 0 Å². The average molecular weight is 366 g/mol. The van der Waals surface area contributed by atoms with Crippen molar-refractivity contribution >= 4 is 17.6 Å². The first-order valence-electron chi connectivity index (χ1n) is 8.05. The van der Waals surface area contributed by atoms with Gasteiger partial charge in [-0.05, 0) is 36.2 Å². The van der Waals surface area contributed by atoms with Crippen LogP contribution in [0.25, 0.3) is 16.9 Å². The van der Waals surface area contributed by atoms with Crippen LogP contribution in [0.1, 0.15) is 41.4 Å². The molecule has 130 valence electrons. The highest BCUT2D eigenvalue weighted by Crippen LogP contribution is 2.32. The smallest absolute Gasteiger partial charge is 0.339 e. The van der Waals surface area contributed by atoms with Crippen LogP contribution >= 0.6 is 11.6 Å². The second-order valence-electron chi connectivity index (χ2n) is 6.15. The number of carboxylic acid groups (broad SMARTS) is 1. The third-order valence-electron chi connectivity index (χ3n) is 4.02. The summed E-state index contributed by atoms with van der Waals surface area (Å²) >= 11 is 6.10. The Kier molecular flexibility index (Phi) is 4.79. The van der Waals surface area contributed by atoms with Crippen LogP contribution in [0.3, 0.4) is 0 Å². The van der Waals surface area contributed by atoms with Gasteiger partial charge in [0.2, 0.25) is 0 Å². The van der Waals surface area contributed by atoms with Crippen LogP contribution in [0, 0.1) is 11.3 Å². The van der Waals surface area contributed by atoms with E-state index in [1.807, 2.05) is 19.9 Å². The van der Waals surface area contributed by atoms with Gasteiger partial charge in [0.15, 0.2) is 0 Å². The number of aromatic carboxylic acids is 1. The molecule has 26 heavy (non-hydrogen) atoms. The fourth-order valence-electron chi connectivity index (χ4n) is 2.88. The molecule has 0 saturated carbocycles. The number of nitriles is 1. The minimum absolute atomic E-state index is 0.0697. The van der Waals surface area contributed by atoms with Crippen molar-refractivity contribution in [1.82, 2.24) is 9.78 Å². The van der Waals surface area contributed by atoms with Gasteiger partial charge in [-0.2, -0.15) is 10.4 Å². The van der Waals surface area contributed by atoms with Crippen LogP contribution in [0.15, 0.2) is 48.5 Å². The Morgan fingerprint density at radius 1 is 1.23 bits per heavy atom. The summed E-state index contributed by atoms with van der Waals surface area (Å²) in [4.78, 5) is 12.0. The second kappa shape index (κ2) is 7.03. The summed E-state index contributed by atoms with van der Waals surface area (Å²) in [5, 5.41) is 23.9. The first-order chi connectivity index (χ1) is 12.4. The summed E-state index contributed by atoms with van der Waals surface area (Å²) in [5.41, 5.74) is 2.96. The quantitative estimate of drug-likeness (QED) is 0.714. The van der Waals surface area contributed by atoms with E-state index in [0.717, 1.165) is 0 Å². The summed E-state index contributed by atoms with van der Waals surface area (Å²) in [6, 6.07) is 15.9. The third-order valence-corrected chi connectivity index (χ3v) is 4.26. The van der Waals surface area contributed by atoms with Gasteiger partial charge in [-0.15, -0.1) is 0 Å². The molecule has 3 aromatic rings. The zero-order valence-electron chi connectivity index (χ0n) is 14.3. The van der Waals surface area contributed by atoms with E-state index in [1.54, 1.807) is 47.1 Å². The molecule has 0 saturated heterocycles. The summed E-state index contributed by atoms with van der Waals surface area (Å²) in [6.45, 7) is 3.85. The number of hydrogen-bond donors (Lipinski definition) is 1. The van der Waals surface area contributed by atoms with E-state index in [9.17, 15) is 9.90 Å². The van der Waals surface area contributed by atoms with Crippen molar-refractivity contribution in [2.75, 3.05) is 0 Å². The van der Waals surface area contributed by atoms with Gasteiger partial charge in [-0.1, -0.05) is 43.6 Å².